The quantitative estimate of drug-likeness (QED) is 0.632. The maximum atomic E-state index is 4.40. The Balaban J connectivity index is 2.01. The van der Waals surface area contributed by atoms with Crippen molar-refractivity contribution < 1.29 is 0 Å². The van der Waals surface area contributed by atoms with Crippen LogP contribution in [-0.4, -0.2) is 9.55 Å². The third-order valence-corrected chi connectivity index (χ3v) is 2.72. The Morgan fingerprint density at radius 3 is 2.69 bits per heavy atom. The molecular formula is C14H12N2. The zero-order valence-electron chi connectivity index (χ0n) is 8.88. The number of nitrogens with zero attached hydrogens (tertiary/aromatic N) is 2. The minimum atomic E-state index is 0.876. The summed E-state index contributed by atoms with van der Waals surface area (Å²) < 4.78 is 2.17. The largest absolute Gasteiger partial charge is 0.328 e. The van der Waals surface area contributed by atoms with E-state index in [4.69, 9.17) is 0 Å². The van der Waals surface area contributed by atoms with E-state index in [9.17, 15) is 0 Å². The van der Waals surface area contributed by atoms with Gasteiger partial charge in [0.25, 0.3) is 0 Å². The maximum Gasteiger partial charge on any atom is 0.140 e. The predicted molar refractivity (Wildman–Crippen MR) is 65.3 cm³/mol. The van der Waals surface area contributed by atoms with Crippen LogP contribution in [0.1, 0.15) is 5.56 Å². The average Bonchev–Trinajstić information content (AvgIpc) is 2.74. The molecule has 2 heteroatoms. The lowest BCUT2D eigenvalue weighted by atomic mass is 10.2. The van der Waals surface area contributed by atoms with Crippen LogP contribution in [-0.2, 0) is 6.54 Å². The normalized spacial score (nSPS) is 10.8. The van der Waals surface area contributed by atoms with E-state index in [1.807, 2.05) is 18.3 Å². The van der Waals surface area contributed by atoms with E-state index in [-0.39, 0.29) is 0 Å². The van der Waals surface area contributed by atoms with Gasteiger partial charge in [-0.25, -0.2) is 4.98 Å². The van der Waals surface area contributed by atoms with Crippen molar-refractivity contribution in [2.45, 2.75) is 6.54 Å². The van der Waals surface area contributed by atoms with Gasteiger partial charge in [-0.3, -0.25) is 0 Å². The highest BCUT2D eigenvalue weighted by Gasteiger charge is 2.01. The Bertz CT molecular complexity index is 596. The third-order valence-electron chi connectivity index (χ3n) is 2.72. The molecule has 16 heavy (non-hydrogen) atoms. The molecule has 0 fully saturated rings. The van der Waals surface area contributed by atoms with Crippen LogP contribution in [0.4, 0.5) is 0 Å². The molecule has 0 N–H and O–H groups in total. The number of aromatic nitrogens is 2. The van der Waals surface area contributed by atoms with Crippen molar-refractivity contribution in [2.75, 3.05) is 0 Å². The number of benzene rings is 1. The number of hydrogen-bond acceptors (Lipinski definition) is 1. The predicted octanol–water partition coefficient (Wildman–Crippen LogP) is 3.08. The van der Waals surface area contributed by atoms with E-state index in [1.165, 1.54) is 10.9 Å². The van der Waals surface area contributed by atoms with E-state index in [1.54, 1.807) is 0 Å². The van der Waals surface area contributed by atoms with Crippen molar-refractivity contribution in [1.82, 2.24) is 9.55 Å². The number of pyridine rings is 1. The summed E-state index contributed by atoms with van der Waals surface area (Å²) in [6.07, 6.45) is 3.93. The zero-order valence-corrected chi connectivity index (χ0v) is 8.88. The molecule has 78 valence electrons. The second-order valence-corrected chi connectivity index (χ2v) is 3.85. The molecule has 2 heterocycles. The topological polar surface area (TPSA) is 17.8 Å². The molecule has 1 aromatic carbocycles. The summed E-state index contributed by atoms with van der Waals surface area (Å²) >= 11 is 0. The lowest BCUT2D eigenvalue weighted by Gasteiger charge is -2.04. The number of fused-ring (bicyclic) bond motifs is 1. The van der Waals surface area contributed by atoms with Crippen LogP contribution in [0, 0.1) is 0 Å². The van der Waals surface area contributed by atoms with E-state index >= 15 is 0 Å². The Hall–Kier alpha value is -2.09. The molecule has 0 aliphatic rings. The third kappa shape index (κ3) is 1.58. The van der Waals surface area contributed by atoms with Gasteiger partial charge in [-0.15, -0.1) is 0 Å². The highest BCUT2D eigenvalue weighted by Crippen LogP contribution is 2.14. The van der Waals surface area contributed by atoms with Gasteiger partial charge in [0.15, 0.2) is 0 Å². The van der Waals surface area contributed by atoms with E-state index in [2.05, 4.69) is 52.1 Å². The first kappa shape index (κ1) is 9.16. The van der Waals surface area contributed by atoms with E-state index in [0.29, 0.717) is 0 Å². The second-order valence-electron chi connectivity index (χ2n) is 3.85. The van der Waals surface area contributed by atoms with E-state index in [0.717, 1.165) is 12.2 Å². The first-order valence-corrected chi connectivity index (χ1v) is 5.37. The molecular weight excluding hydrogens is 196 g/mol. The average molecular weight is 208 g/mol. The molecule has 0 amide bonds. The molecule has 0 bridgehead atoms. The summed E-state index contributed by atoms with van der Waals surface area (Å²) in [5, 5.41) is 1.19. The van der Waals surface area contributed by atoms with Crippen molar-refractivity contribution in [3.05, 3.63) is 66.5 Å². The minimum absolute atomic E-state index is 0.876. The van der Waals surface area contributed by atoms with Gasteiger partial charge in [0.1, 0.15) is 5.65 Å². The van der Waals surface area contributed by atoms with Crippen molar-refractivity contribution in [1.29, 1.82) is 0 Å². The fourth-order valence-electron chi connectivity index (χ4n) is 1.93. The molecule has 0 spiro atoms. The van der Waals surface area contributed by atoms with Crippen LogP contribution in [0.15, 0.2) is 60.9 Å². The van der Waals surface area contributed by atoms with Crippen LogP contribution in [0.3, 0.4) is 0 Å². The van der Waals surface area contributed by atoms with Gasteiger partial charge >= 0.3 is 0 Å². The Morgan fingerprint density at radius 2 is 1.81 bits per heavy atom. The zero-order chi connectivity index (χ0) is 10.8. The molecule has 2 nitrogen and oxygen atoms in total. The summed E-state index contributed by atoms with van der Waals surface area (Å²) in [6, 6.07) is 16.6. The molecule has 0 aliphatic carbocycles. The first-order chi connectivity index (χ1) is 7.93. The highest BCUT2D eigenvalue weighted by molar-refractivity contribution is 5.75. The van der Waals surface area contributed by atoms with Crippen molar-refractivity contribution >= 4 is 11.0 Å². The highest BCUT2D eigenvalue weighted by atomic mass is 15.0. The summed E-state index contributed by atoms with van der Waals surface area (Å²) in [4.78, 5) is 4.40. The first-order valence-electron chi connectivity index (χ1n) is 5.37. The van der Waals surface area contributed by atoms with Crippen LogP contribution in [0.25, 0.3) is 11.0 Å². The molecule has 0 atom stereocenters. The van der Waals surface area contributed by atoms with Crippen molar-refractivity contribution in [3.8, 4) is 0 Å². The van der Waals surface area contributed by atoms with Crippen molar-refractivity contribution in [3.63, 3.8) is 0 Å². The molecule has 3 rings (SSSR count). The monoisotopic (exact) mass is 208 g/mol. The molecule has 0 unspecified atom stereocenters. The van der Waals surface area contributed by atoms with Crippen molar-refractivity contribution in [2.24, 2.45) is 0 Å². The van der Waals surface area contributed by atoms with Crippen LogP contribution < -0.4 is 0 Å². The lowest BCUT2D eigenvalue weighted by Crippen LogP contribution is -1.98. The van der Waals surface area contributed by atoms with Gasteiger partial charge in [0.05, 0.1) is 0 Å². The lowest BCUT2D eigenvalue weighted by molar-refractivity contribution is 0.825. The van der Waals surface area contributed by atoms with E-state index < -0.39 is 0 Å². The van der Waals surface area contributed by atoms with Gasteiger partial charge < -0.3 is 4.57 Å². The molecule has 0 saturated heterocycles. The van der Waals surface area contributed by atoms with Gasteiger partial charge in [-0.2, -0.15) is 0 Å². The Labute approximate surface area is 94.2 Å². The standard InChI is InChI=1S/C14H12N2/c1-2-5-12(6-3-1)11-16-10-8-13-7-4-9-15-14(13)16/h1-10H,11H2. The molecule has 0 saturated carbocycles. The molecule has 0 aliphatic heterocycles. The molecule has 0 radical (unpaired) electrons. The Morgan fingerprint density at radius 1 is 0.938 bits per heavy atom. The summed E-state index contributed by atoms with van der Waals surface area (Å²) in [7, 11) is 0. The number of rotatable bonds is 2. The fraction of sp³-hybridized carbons (Fsp3) is 0.0714. The molecule has 3 aromatic rings. The van der Waals surface area contributed by atoms with Crippen LogP contribution >= 0.6 is 0 Å². The second kappa shape index (κ2) is 3.81. The fourth-order valence-corrected chi connectivity index (χ4v) is 1.93. The summed E-state index contributed by atoms with van der Waals surface area (Å²) in [5.41, 5.74) is 2.34. The number of hydrogen-bond donors (Lipinski definition) is 0. The minimum Gasteiger partial charge on any atom is -0.328 e. The molecule has 2 aromatic heterocycles. The van der Waals surface area contributed by atoms with Crippen LogP contribution in [0.5, 0.6) is 0 Å². The van der Waals surface area contributed by atoms with Crippen LogP contribution in [0.2, 0.25) is 0 Å². The maximum absolute atomic E-state index is 4.40. The summed E-state index contributed by atoms with van der Waals surface area (Å²) in [5.74, 6) is 0. The Kier molecular flexibility index (Phi) is 2.18. The van der Waals surface area contributed by atoms with Gasteiger partial charge in [0, 0.05) is 24.3 Å². The summed E-state index contributed by atoms with van der Waals surface area (Å²) in [6.45, 7) is 0.876. The smallest absolute Gasteiger partial charge is 0.140 e. The SMILES string of the molecule is c1ccc(Cn2ccc3cccnc32)cc1. The van der Waals surface area contributed by atoms with Gasteiger partial charge in [0.2, 0.25) is 0 Å². The van der Waals surface area contributed by atoms with Gasteiger partial charge in [-0.1, -0.05) is 30.3 Å². The van der Waals surface area contributed by atoms with Gasteiger partial charge in [-0.05, 0) is 23.8 Å².